The monoisotopic (exact) mass is 264 g/mol. The largest absolute Gasteiger partial charge is 0.497 e. The highest BCUT2D eigenvalue weighted by molar-refractivity contribution is 5.27. The topological polar surface area (TPSA) is 42.5 Å². The SMILES string of the molecule is COc1ccc(CCNCCC2COCCN2)cc1. The quantitative estimate of drug-likeness (QED) is 0.726. The second kappa shape index (κ2) is 8.15. The van der Waals surface area contributed by atoms with Crippen molar-refractivity contribution in [2.24, 2.45) is 0 Å². The second-order valence-electron chi connectivity index (χ2n) is 4.86. The number of hydrogen-bond acceptors (Lipinski definition) is 4. The molecule has 4 nitrogen and oxygen atoms in total. The summed E-state index contributed by atoms with van der Waals surface area (Å²) in [6.07, 6.45) is 2.18. The van der Waals surface area contributed by atoms with Crippen molar-refractivity contribution in [2.45, 2.75) is 18.9 Å². The van der Waals surface area contributed by atoms with E-state index in [1.54, 1.807) is 7.11 Å². The third kappa shape index (κ3) is 5.19. The van der Waals surface area contributed by atoms with E-state index in [0.29, 0.717) is 6.04 Å². The van der Waals surface area contributed by atoms with Gasteiger partial charge < -0.3 is 20.1 Å². The first kappa shape index (κ1) is 14.3. The Kier molecular flexibility index (Phi) is 6.14. The van der Waals surface area contributed by atoms with E-state index in [4.69, 9.17) is 9.47 Å². The predicted molar refractivity (Wildman–Crippen MR) is 76.8 cm³/mol. The van der Waals surface area contributed by atoms with Crippen LogP contribution in [0.4, 0.5) is 0 Å². The summed E-state index contributed by atoms with van der Waals surface area (Å²) in [6.45, 7) is 4.73. The number of hydrogen-bond donors (Lipinski definition) is 2. The van der Waals surface area contributed by atoms with Crippen LogP contribution >= 0.6 is 0 Å². The van der Waals surface area contributed by atoms with Crippen LogP contribution in [0.2, 0.25) is 0 Å². The van der Waals surface area contributed by atoms with E-state index in [2.05, 4.69) is 22.8 Å². The maximum Gasteiger partial charge on any atom is 0.118 e. The third-order valence-corrected chi connectivity index (χ3v) is 3.42. The number of ether oxygens (including phenoxy) is 2. The molecule has 1 aromatic rings. The number of benzene rings is 1. The molecule has 1 unspecified atom stereocenters. The van der Waals surface area contributed by atoms with E-state index < -0.39 is 0 Å². The van der Waals surface area contributed by atoms with Gasteiger partial charge in [-0.1, -0.05) is 12.1 Å². The van der Waals surface area contributed by atoms with Crippen molar-refractivity contribution in [1.82, 2.24) is 10.6 Å². The first-order valence-corrected chi connectivity index (χ1v) is 7.03. The van der Waals surface area contributed by atoms with Gasteiger partial charge in [-0.2, -0.15) is 0 Å². The fraction of sp³-hybridized carbons (Fsp3) is 0.600. The summed E-state index contributed by atoms with van der Waals surface area (Å²) in [4.78, 5) is 0. The number of nitrogens with one attached hydrogen (secondary N) is 2. The molecule has 1 fully saturated rings. The van der Waals surface area contributed by atoms with E-state index in [1.807, 2.05) is 12.1 Å². The van der Waals surface area contributed by atoms with Crippen LogP contribution < -0.4 is 15.4 Å². The van der Waals surface area contributed by atoms with Gasteiger partial charge in [-0.25, -0.2) is 0 Å². The first-order valence-electron chi connectivity index (χ1n) is 7.03. The van der Waals surface area contributed by atoms with E-state index in [0.717, 1.165) is 51.4 Å². The molecule has 0 spiro atoms. The van der Waals surface area contributed by atoms with Gasteiger partial charge in [0.2, 0.25) is 0 Å². The Hall–Kier alpha value is -1.10. The first-order chi connectivity index (χ1) is 9.38. The van der Waals surface area contributed by atoms with Gasteiger partial charge >= 0.3 is 0 Å². The van der Waals surface area contributed by atoms with Crippen molar-refractivity contribution < 1.29 is 9.47 Å². The lowest BCUT2D eigenvalue weighted by atomic mass is 10.1. The van der Waals surface area contributed by atoms with Crippen LogP contribution in [-0.2, 0) is 11.2 Å². The summed E-state index contributed by atoms with van der Waals surface area (Å²) >= 11 is 0. The predicted octanol–water partition coefficient (Wildman–Crippen LogP) is 1.21. The van der Waals surface area contributed by atoms with Gasteiger partial charge in [0.1, 0.15) is 5.75 Å². The molecular weight excluding hydrogens is 240 g/mol. The molecule has 4 heteroatoms. The molecule has 1 heterocycles. The smallest absolute Gasteiger partial charge is 0.118 e. The molecule has 0 radical (unpaired) electrons. The molecule has 1 saturated heterocycles. The van der Waals surface area contributed by atoms with Crippen molar-refractivity contribution in [3.05, 3.63) is 29.8 Å². The van der Waals surface area contributed by atoms with Gasteiger partial charge in [0.15, 0.2) is 0 Å². The Morgan fingerprint density at radius 2 is 2.16 bits per heavy atom. The van der Waals surface area contributed by atoms with Crippen molar-refractivity contribution in [1.29, 1.82) is 0 Å². The maximum atomic E-state index is 5.43. The lowest BCUT2D eigenvalue weighted by Crippen LogP contribution is -2.42. The van der Waals surface area contributed by atoms with Crippen molar-refractivity contribution in [3.8, 4) is 5.75 Å². The molecule has 1 aliphatic rings. The molecule has 1 aliphatic heterocycles. The summed E-state index contributed by atoms with van der Waals surface area (Å²) in [5.74, 6) is 0.917. The lowest BCUT2D eigenvalue weighted by Gasteiger charge is -2.23. The molecule has 1 atom stereocenters. The van der Waals surface area contributed by atoms with Crippen LogP contribution in [0.1, 0.15) is 12.0 Å². The Morgan fingerprint density at radius 1 is 1.32 bits per heavy atom. The highest BCUT2D eigenvalue weighted by Gasteiger charge is 2.11. The summed E-state index contributed by atoms with van der Waals surface area (Å²) in [5.41, 5.74) is 1.34. The molecule has 0 saturated carbocycles. The lowest BCUT2D eigenvalue weighted by molar-refractivity contribution is 0.0743. The van der Waals surface area contributed by atoms with E-state index in [1.165, 1.54) is 5.56 Å². The second-order valence-corrected chi connectivity index (χ2v) is 4.86. The summed E-state index contributed by atoms with van der Waals surface area (Å²) in [7, 11) is 1.69. The fourth-order valence-corrected chi connectivity index (χ4v) is 2.23. The zero-order valence-corrected chi connectivity index (χ0v) is 11.7. The summed E-state index contributed by atoms with van der Waals surface area (Å²) < 4.78 is 10.6. The number of rotatable bonds is 7. The molecule has 0 bridgehead atoms. The van der Waals surface area contributed by atoms with Gasteiger partial charge in [-0.05, 0) is 43.6 Å². The summed E-state index contributed by atoms with van der Waals surface area (Å²) in [6, 6.07) is 8.79. The van der Waals surface area contributed by atoms with Gasteiger partial charge in [-0.3, -0.25) is 0 Å². The Morgan fingerprint density at radius 3 is 2.84 bits per heavy atom. The molecule has 0 amide bonds. The highest BCUT2D eigenvalue weighted by atomic mass is 16.5. The van der Waals surface area contributed by atoms with E-state index in [9.17, 15) is 0 Å². The Balaban J connectivity index is 1.55. The zero-order chi connectivity index (χ0) is 13.3. The highest BCUT2D eigenvalue weighted by Crippen LogP contribution is 2.11. The van der Waals surface area contributed by atoms with E-state index >= 15 is 0 Å². The molecule has 2 N–H and O–H groups in total. The molecule has 0 aliphatic carbocycles. The standard InChI is InChI=1S/C15H24N2O2/c1-18-15-4-2-13(3-5-15)6-8-16-9-7-14-12-19-11-10-17-14/h2-5,14,16-17H,6-12H2,1H3. The molecule has 19 heavy (non-hydrogen) atoms. The van der Waals surface area contributed by atoms with Crippen LogP contribution in [0.5, 0.6) is 5.75 Å². The molecule has 106 valence electrons. The average Bonchev–Trinajstić information content (AvgIpc) is 2.49. The van der Waals surface area contributed by atoms with Gasteiger partial charge in [0, 0.05) is 12.6 Å². The minimum atomic E-state index is 0.516. The normalized spacial score (nSPS) is 19.3. The van der Waals surface area contributed by atoms with Gasteiger partial charge in [0.05, 0.1) is 20.3 Å². The third-order valence-electron chi connectivity index (χ3n) is 3.42. The van der Waals surface area contributed by atoms with Gasteiger partial charge in [-0.15, -0.1) is 0 Å². The van der Waals surface area contributed by atoms with Crippen LogP contribution in [0.15, 0.2) is 24.3 Å². The van der Waals surface area contributed by atoms with Crippen LogP contribution in [0.3, 0.4) is 0 Å². The van der Waals surface area contributed by atoms with Crippen LogP contribution in [0.25, 0.3) is 0 Å². The zero-order valence-electron chi connectivity index (χ0n) is 11.7. The summed E-state index contributed by atoms with van der Waals surface area (Å²) in [5, 5.41) is 6.94. The van der Waals surface area contributed by atoms with Crippen molar-refractivity contribution in [3.63, 3.8) is 0 Å². The molecule has 1 aromatic carbocycles. The van der Waals surface area contributed by atoms with Crippen LogP contribution in [0, 0.1) is 0 Å². The van der Waals surface area contributed by atoms with Crippen molar-refractivity contribution in [2.75, 3.05) is 40.0 Å². The number of methoxy groups -OCH3 is 1. The minimum Gasteiger partial charge on any atom is -0.497 e. The molecule has 0 aromatic heterocycles. The fourth-order valence-electron chi connectivity index (χ4n) is 2.23. The molecule has 2 rings (SSSR count). The van der Waals surface area contributed by atoms with E-state index in [-0.39, 0.29) is 0 Å². The Labute approximate surface area is 115 Å². The van der Waals surface area contributed by atoms with Gasteiger partial charge in [0.25, 0.3) is 0 Å². The van der Waals surface area contributed by atoms with Crippen LogP contribution in [-0.4, -0.2) is 46.0 Å². The maximum absolute atomic E-state index is 5.43. The number of morpholine rings is 1. The minimum absolute atomic E-state index is 0.516. The Bertz CT molecular complexity index is 348. The van der Waals surface area contributed by atoms with Crippen molar-refractivity contribution >= 4 is 0 Å². The molecular formula is C15H24N2O2. The average molecular weight is 264 g/mol.